The maximum Gasteiger partial charge on any atom is 0.269 e. The van der Waals surface area contributed by atoms with Crippen molar-refractivity contribution in [2.24, 2.45) is 0 Å². The Hall–Kier alpha value is -1.09. The molecule has 0 saturated heterocycles. The van der Waals surface area contributed by atoms with Gasteiger partial charge in [0, 0.05) is 7.05 Å². The van der Waals surface area contributed by atoms with Crippen LogP contribution in [0.15, 0.2) is 12.1 Å². The minimum absolute atomic E-state index is 0.225. The van der Waals surface area contributed by atoms with E-state index in [1.807, 2.05) is 6.92 Å². The van der Waals surface area contributed by atoms with Crippen LogP contribution in [0.2, 0.25) is 5.15 Å². The number of aromatic nitrogens is 1. The van der Waals surface area contributed by atoms with Crippen LogP contribution in [-0.4, -0.2) is 17.9 Å². The Morgan fingerprint density at radius 1 is 1.58 bits per heavy atom. The van der Waals surface area contributed by atoms with Gasteiger partial charge in [-0.25, -0.2) is 4.98 Å². The molecule has 0 aliphatic carbocycles. The smallest absolute Gasteiger partial charge is 0.269 e. The highest BCUT2D eigenvalue weighted by atomic mass is 35.5. The summed E-state index contributed by atoms with van der Waals surface area (Å²) >= 11 is 5.72. The number of halogens is 1. The van der Waals surface area contributed by atoms with E-state index in [1.165, 1.54) is 0 Å². The van der Waals surface area contributed by atoms with Crippen LogP contribution in [0.5, 0.6) is 0 Å². The fourth-order valence-corrected chi connectivity index (χ4v) is 0.912. The largest absolute Gasteiger partial charge is 0.354 e. The molecule has 0 unspecified atom stereocenters. The first-order chi connectivity index (χ1) is 5.65. The maximum absolute atomic E-state index is 11.0. The van der Waals surface area contributed by atoms with Gasteiger partial charge >= 0.3 is 0 Å². The molecule has 1 amide bonds. The summed E-state index contributed by atoms with van der Waals surface area (Å²) in [4.78, 5) is 14.9. The third-order valence-corrected chi connectivity index (χ3v) is 1.88. The SMILES string of the molecule is CNC(=O)c1ccc(C)c(Cl)n1. The lowest BCUT2D eigenvalue weighted by Crippen LogP contribution is -2.19. The second-order valence-electron chi connectivity index (χ2n) is 2.38. The van der Waals surface area contributed by atoms with Crippen LogP contribution in [0.25, 0.3) is 0 Å². The fourth-order valence-electron chi connectivity index (χ4n) is 0.758. The third kappa shape index (κ3) is 1.74. The van der Waals surface area contributed by atoms with E-state index >= 15 is 0 Å². The lowest BCUT2D eigenvalue weighted by molar-refractivity contribution is 0.0958. The number of hydrogen-bond acceptors (Lipinski definition) is 2. The molecule has 4 heteroatoms. The molecule has 0 atom stereocenters. The molecule has 0 spiro atoms. The van der Waals surface area contributed by atoms with Gasteiger partial charge in [0.15, 0.2) is 0 Å². The molecule has 0 aliphatic rings. The topological polar surface area (TPSA) is 42.0 Å². The quantitative estimate of drug-likeness (QED) is 0.671. The van der Waals surface area contributed by atoms with Crippen molar-refractivity contribution in [3.63, 3.8) is 0 Å². The summed E-state index contributed by atoms with van der Waals surface area (Å²) < 4.78 is 0. The van der Waals surface area contributed by atoms with Crippen molar-refractivity contribution < 1.29 is 4.79 Å². The van der Waals surface area contributed by atoms with Crippen LogP contribution < -0.4 is 5.32 Å². The van der Waals surface area contributed by atoms with Crippen LogP contribution in [0, 0.1) is 6.92 Å². The van der Waals surface area contributed by atoms with Crippen molar-refractivity contribution in [3.8, 4) is 0 Å². The van der Waals surface area contributed by atoms with Gasteiger partial charge in [-0.3, -0.25) is 4.79 Å². The molecule has 0 fully saturated rings. The van der Waals surface area contributed by atoms with Gasteiger partial charge in [0.1, 0.15) is 10.8 Å². The van der Waals surface area contributed by atoms with E-state index in [4.69, 9.17) is 11.6 Å². The van der Waals surface area contributed by atoms with Crippen molar-refractivity contribution in [1.29, 1.82) is 0 Å². The standard InChI is InChI=1S/C8H9ClN2O/c1-5-3-4-6(8(12)10-2)11-7(5)9/h3-4H,1-2H3,(H,10,12). The molecule has 0 radical (unpaired) electrons. The monoisotopic (exact) mass is 184 g/mol. The highest BCUT2D eigenvalue weighted by molar-refractivity contribution is 6.30. The van der Waals surface area contributed by atoms with Crippen molar-refractivity contribution in [2.75, 3.05) is 7.05 Å². The summed E-state index contributed by atoms with van der Waals surface area (Å²) in [5.41, 5.74) is 1.21. The highest BCUT2D eigenvalue weighted by Gasteiger charge is 2.05. The molecule has 12 heavy (non-hydrogen) atoms. The number of nitrogens with one attached hydrogen (secondary N) is 1. The summed E-state index contributed by atoms with van der Waals surface area (Å²) in [6.45, 7) is 1.84. The Labute approximate surface area is 75.8 Å². The zero-order valence-electron chi connectivity index (χ0n) is 6.89. The first-order valence-electron chi connectivity index (χ1n) is 3.50. The van der Waals surface area contributed by atoms with Crippen molar-refractivity contribution >= 4 is 17.5 Å². The predicted molar refractivity (Wildman–Crippen MR) is 47.4 cm³/mol. The van der Waals surface area contributed by atoms with Gasteiger partial charge in [0.25, 0.3) is 5.91 Å². The number of pyridine rings is 1. The summed E-state index contributed by atoms with van der Waals surface area (Å²) in [6, 6.07) is 3.40. The molecule has 1 N–H and O–H groups in total. The zero-order valence-corrected chi connectivity index (χ0v) is 7.64. The lowest BCUT2D eigenvalue weighted by Gasteiger charge is -2.00. The summed E-state index contributed by atoms with van der Waals surface area (Å²) in [5.74, 6) is -0.225. The number of rotatable bonds is 1. The van der Waals surface area contributed by atoms with E-state index < -0.39 is 0 Å². The van der Waals surface area contributed by atoms with Crippen molar-refractivity contribution in [3.05, 3.63) is 28.5 Å². The van der Waals surface area contributed by atoms with Crippen LogP contribution >= 0.6 is 11.6 Å². The second kappa shape index (κ2) is 3.54. The Bertz CT molecular complexity index is 312. The third-order valence-electron chi connectivity index (χ3n) is 1.49. The molecule has 64 valence electrons. The first kappa shape index (κ1) is 9.00. The molecule has 1 aromatic rings. The molecule has 0 aliphatic heterocycles. The molecular weight excluding hydrogens is 176 g/mol. The maximum atomic E-state index is 11.0. The van der Waals surface area contributed by atoms with Gasteiger partial charge < -0.3 is 5.32 Å². The van der Waals surface area contributed by atoms with E-state index in [9.17, 15) is 4.79 Å². The van der Waals surface area contributed by atoms with Gasteiger partial charge in [0.05, 0.1) is 0 Å². The Kier molecular flexibility index (Phi) is 2.65. The molecule has 0 saturated carbocycles. The molecule has 1 rings (SSSR count). The van der Waals surface area contributed by atoms with Crippen molar-refractivity contribution in [1.82, 2.24) is 10.3 Å². The second-order valence-corrected chi connectivity index (χ2v) is 2.74. The molecular formula is C8H9ClN2O. The minimum Gasteiger partial charge on any atom is -0.354 e. The lowest BCUT2D eigenvalue weighted by atomic mass is 10.2. The van der Waals surface area contributed by atoms with E-state index in [0.29, 0.717) is 10.8 Å². The Morgan fingerprint density at radius 3 is 2.75 bits per heavy atom. The minimum atomic E-state index is -0.225. The van der Waals surface area contributed by atoms with E-state index in [0.717, 1.165) is 5.56 Å². The summed E-state index contributed by atoms with van der Waals surface area (Å²) in [7, 11) is 1.55. The number of hydrogen-bond donors (Lipinski definition) is 1. The Morgan fingerprint density at radius 2 is 2.25 bits per heavy atom. The van der Waals surface area contributed by atoms with Gasteiger partial charge in [-0.05, 0) is 18.6 Å². The van der Waals surface area contributed by atoms with Gasteiger partial charge in [-0.15, -0.1) is 0 Å². The molecule has 1 aromatic heterocycles. The van der Waals surface area contributed by atoms with Crippen LogP contribution in [0.3, 0.4) is 0 Å². The zero-order chi connectivity index (χ0) is 9.14. The van der Waals surface area contributed by atoms with E-state index in [-0.39, 0.29) is 5.91 Å². The average Bonchev–Trinajstić information content (AvgIpc) is 2.08. The fraction of sp³-hybridized carbons (Fsp3) is 0.250. The average molecular weight is 185 g/mol. The number of carbonyl (C=O) groups is 1. The summed E-state index contributed by atoms with van der Waals surface area (Å²) in [6.07, 6.45) is 0. The number of nitrogens with zero attached hydrogens (tertiary/aromatic N) is 1. The number of aryl methyl sites for hydroxylation is 1. The normalized spacial score (nSPS) is 9.58. The molecule has 0 aromatic carbocycles. The van der Waals surface area contributed by atoms with E-state index in [2.05, 4.69) is 10.3 Å². The number of carbonyl (C=O) groups excluding carboxylic acids is 1. The Balaban J connectivity index is 3.05. The highest BCUT2D eigenvalue weighted by Crippen LogP contribution is 2.11. The molecule has 3 nitrogen and oxygen atoms in total. The molecule has 1 heterocycles. The van der Waals surface area contributed by atoms with Crippen LogP contribution in [0.1, 0.15) is 16.1 Å². The molecule has 0 bridgehead atoms. The first-order valence-corrected chi connectivity index (χ1v) is 3.88. The van der Waals surface area contributed by atoms with Gasteiger partial charge in [-0.1, -0.05) is 17.7 Å². The predicted octanol–water partition coefficient (Wildman–Crippen LogP) is 1.40. The van der Waals surface area contributed by atoms with Gasteiger partial charge in [0.2, 0.25) is 0 Å². The number of amides is 1. The van der Waals surface area contributed by atoms with Crippen LogP contribution in [0.4, 0.5) is 0 Å². The van der Waals surface area contributed by atoms with Crippen LogP contribution in [-0.2, 0) is 0 Å². The van der Waals surface area contributed by atoms with Crippen molar-refractivity contribution in [2.45, 2.75) is 6.92 Å². The van der Waals surface area contributed by atoms with E-state index in [1.54, 1.807) is 19.2 Å². The van der Waals surface area contributed by atoms with Gasteiger partial charge in [-0.2, -0.15) is 0 Å². The summed E-state index contributed by atoms with van der Waals surface area (Å²) in [5, 5.41) is 2.84.